The van der Waals surface area contributed by atoms with Crippen LogP contribution in [0.2, 0.25) is 0 Å². The number of ether oxygens (including phenoxy) is 1. The number of aromatic nitrogens is 2. The number of esters is 1. The van der Waals surface area contributed by atoms with Crippen LogP contribution in [-0.2, 0) is 4.74 Å². The van der Waals surface area contributed by atoms with Gasteiger partial charge in [0.1, 0.15) is 5.82 Å². The monoisotopic (exact) mass is 310 g/mol. The lowest BCUT2D eigenvalue weighted by Crippen LogP contribution is -2.05. The van der Waals surface area contributed by atoms with Crippen LogP contribution in [0.4, 0.5) is 4.39 Å². The number of methoxy groups -OCH3 is 1. The highest BCUT2D eigenvalue weighted by atomic mass is 19.1. The molecule has 0 saturated heterocycles. The van der Waals surface area contributed by atoms with E-state index in [2.05, 4.69) is 5.10 Å². The maximum absolute atomic E-state index is 13.1. The largest absolute Gasteiger partial charge is 0.464 e. The number of aryl methyl sites for hydroxylation is 1. The van der Waals surface area contributed by atoms with Crippen molar-refractivity contribution in [3.63, 3.8) is 0 Å². The summed E-state index contributed by atoms with van der Waals surface area (Å²) in [4.78, 5) is 12.0. The number of nitrogens with zero attached hydrogens (tertiary/aromatic N) is 2. The number of carbonyl (C=O) groups excluding carboxylic acids is 1. The van der Waals surface area contributed by atoms with Crippen LogP contribution in [0, 0.1) is 12.7 Å². The van der Waals surface area contributed by atoms with Gasteiger partial charge in [0, 0.05) is 11.8 Å². The third-order valence-corrected chi connectivity index (χ3v) is 3.55. The van der Waals surface area contributed by atoms with Crippen molar-refractivity contribution in [3.05, 3.63) is 71.8 Å². The highest BCUT2D eigenvalue weighted by Gasteiger charge is 2.19. The van der Waals surface area contributed by atoms with Gasteiger partial charge in [0.25, 0.3) is 0 Å². The van der Waals surface area contributed by atoms with Gasteiger partial charge in [-0.25, -0.2) is 13.9 Å². The van der Waals surface area contributed by atoms with Crippen molar-refractivity contribution >= 4 is 5.97 Å². The van der Waals surface area contributed by atoms with Gasteiger partial charge in [-0.15, -0.1) is 0 Å². The van der Waals surface area contributed by atoms with Crippen molar-refractivity contribution in [3.8, 4) is 16.8 Å². The summed E-state index contributed by atoms with van der Waals surface area (Å²) < 4.78 is 19.4. The topological polar surface area (TPSA) is 44.1 Å². The molecule has 0 saturated carbocycles. The van der Waals surface area contributed by atoms with E-state index in [0.29, 0.717) is 11.3 Å². The molecule has 1 aromatic heterocycles. The lowest BCUT2D eigenvalue weighted by Gasteiger charge is -2.01. The summed E-state index contributed by atoms with van der Waals surface area (Å²) in [5, 5.41) is 4.30. The standard InChI is InChI=1S/C18H15FN2O2/c1-12-3-5-13(6-4-12)16-11-21(20-17(16)18(22)23-2)15-9-7-14(19)8-10-15/h3-11H,1-2H3. The summed E-state index contributed by atoms with van der Waals surface area (Å²) in [6.07, 6.45) is 1.74. The fraction of sp³-hybridized carbons (Fsp3) is 0.111. The van der Waals surface area contributed by atoms with E-state index in [4.69, 9.17) is 4.74 Å². The van der Waals surface area contributed by atoms with Crippen LogP contribution < -0.4 is 0 Å². The molecule has 3 rings (SSSR count). The first kappa shape index (κ1) is 15.0. The number of carbonyl (C=O) groups is 1. The van der Waals surface area contributed by atoms with E-state index in [0.717, 1.165) is 11.1 Å². The van der Waals surface area contributed by atoms with Crippen LogP contribution in [0.15, 0.2) is 54.7 Å². The second kappa shape index (κ2) is 6.04. The SMILES string of the molecule is COC(=O)c1nn(-c2ccc(F)cc2)cc1-c1ccc(C)cc1. The molecule has 23 heavy (non-hydrogen) atoms. The minimum absolute atomic E-state index is 0.223. The second-order valence-electron chi connectivity index (χ2n) is 5.17. The van der Waals surface area contributed by atoms with Gasteiger partial charge in [0.2, 0.25) is 0 Å². The molecule has 0 N–H and O–H groups in total. The van der Waals surface area contributed by atoms with Gasteiger partial charge in [-0.1, -0.05) is 29.8 Å². The first-order valence-corrected chi connectivity index (χ1v) is 7.09. The highest BCUT2D eigenvalue weighted by Crippen LogP contribution is 2.25. The van der Waals surface area contributed by atoms with Gasteiger partial charge in [-0.05, 0) is 36.8 Å². The number of hydrogen-bond acceptors (Lipinski definition) is 3. The Labute approximate surface area is 133 Å². The fourth-order valence-electron chi connectivity index (χ4n) is 2.29. The third-order valence-electron chi connectivity index (χ3n) is 3.55. The van der Waals surface area contributed by atoms with E-state index < -0.39 is 5.97 Å². The number of halogens is 1. The molecule has 0 aliphatic heterocycles. The van der Waals surface area contributed by atoms with Gasteiger partial charge in [-0.3, -0.25) is 0 Å². The van der Waals surface area contributed by atoms with Crippen LogP contribution in [0.3, 0.4) is 0 Å². The average molecular weight is 310 g/mol. The van der Waals surface area contributed by atoms with Crippen LogP contribution in [0.5, 0.6) is 0 Å². The molecular weight excluding hydrogens is 295 g/mol. The third kappa shape index (κ3) is 2.99. The van der Waals surface area contributed by atoms with Gasteiger partial charge in [-0.2, -0.15) is 5.10 Å². The number of rotatable bonds is 3. The lowest BCUT2D eigenvalue weighted by atomic mass is 10.1. The Kier molecular flexibility index (Phi) is 3.93. The van der Waals surface area contributed by atoms with Crippen molar-refractivity contribution in [2.45, 2.75) is 6.92 Å². The molecule has 5 heteroatoms. The second-order valence-corrected chi connectivity index (χ2v) is 5.17. The predicted molar refractivity (Wildman–Crippen MR) is 85.0 cm³/mol. The molecule has 116 valence electrons. The Bertz CT molecular complexity index is 836. The quantitative estimate of drug-likeness (QED) is 0.692. The van der Waals surface area contributed by atoms with Crippen LogP contribution >= 0.6 is 0 Å². The fourth-order valence-corrected chi connectivity index (χ4v) is 2.29. The summed E-state index contributed by atoms with van der Waals surface area (Å²) >= 11 is 0. The molecular formula is C18H15FN2O2. The van der Waals surface area contributed by atoms with E-state index in [1.165, 1.54) is 19.2 Å². The maximum atomic E-state index is 13.1. The first-order chi connectivity index (χ1) is 11.1. The lowest BCUT2D eigenvalue weighted by molar-refractivity contribution is 0.0594. The van der Waals surface area contributed by atoms with E-state index in [-0.39, 0.29) is 11.5 Å². The van der Waals surface area contributed by atoms with Gasteiger partial charge in [0.05, 0.1) is 12.8 Å². The summed E-state index contributed by atoms with van der Waals surface area (Å²) in [5.41, 5.74) is 3.54. The summed E-state index contributed by atoms with van der Waals surface area (Å²) in [6.45, 7) is 1.99. The first-order valence-electron chi connectivity index (χ1n) is 7.09. The molecule has 3 aromatic rings. The Morgan fingerprint density at radius 3 is 2.35 bits per heavy atom. The molecule has 0 radical (unpaired) electrons. The average Bonchev–Trinajstić information content (AvgIpc) is 3.00. The normalized spacial score (nSPS) is 10.6. The Morgan fingerprint density at radius 1 is 1.09 bits per heavy atom. The molecule has 0 fully saturated rings. The Morgan fingerprint density at radius 2 is 1.74 bits per heavy atom. The van der Waals surface area contributed by atoms with Crippen molar-refractivity contribution in [2.24, 2.45) is 0 Å². The molecule has 0 bridgehead atoms. The molecule has 2 aromatic carbocycles. The minimum atomic E-state index is -0.513. The van der Waals surface area contributed by atoms with E-state index in [9.17, 15) is 9.18 Å². The van der Waals surface area contributed by atoms with Crippen LogP contribution in [0.25, 0.3) is 16.8 Å². The van der Waals surface area contributed by atoms with Crippen molar-refractivity contribution in [2.75, 3.05) is 7.11 Å². The molecule has 4 nitrogen and oxygen atoms in total. The zero-order valence-electron chi connectivity index (χ0n) is 12.8. The minimum Gasteiger partial charge on any atom is -0.464 e. The van der Waals surface area contributed by atoms with Gasteiger partial charge in [0.15, 0.2) is 5.69 Å². The molecule has 1 heterocycles. The van der Waals surface area contributed by atoms with E-state index in [1.54, 1.807) is 23.0 Å². The van der Waals surface area contributed by atoms with E-state index >= 15 is 0 Å². The maximum Gasteiger partial charge on any atom is 0.359 e. The number of hydrogen-bond donors (Lipinski definition) is 0. The predicted octanol–water partition coefficient (Wildman–Crippen LogP) is 3.77. The van der Waals surface area contributed by atoms with Crippen molar-refractivity contribution < 1.29 is 13.9 Å². The van der Waals surface area contributed by atoms with Crippen LogP contribution in [0.1, 0.15) is 16.1 Å². The van der Waals surface area contributed by atoms with E-state index in [1.807, 2.05) is 31.2 Å². The summed E-state index contributed by atoms with van der Waals surface area (Å²) in [6, 6.07) is 13.7. The summed E-state index contributed by atoms with van der Waals surface area (Å²) in [5.74, 6) is -0.839. The number of benzene rings is 2. The molecule has 0 amide bonds. The van der Waals surface area contributed by atoms with Crippen molar-refractivity contribution in [1.29, 1.82) is 0 Å². The highest BCUT2D eigenvalue weighted by molar-refractivity contribution is 5.95. The molecule has 0 spiro atoms. The van der Waals surface area contributed by atoms with Gasteiger partial charge < -0.3 is 4.74 Å². The zero-order chi connectivity index (χ0) is 16.4. The molecule has 0 aliphatic rings. The zero-order valence-corrected chi connectivity index (χ0v) is 12.8. The Hall–Kier alpha value is -2.95. The smallest absolute Gasteiger partial charge is 0.359 e. The van der Waals surface area contributed by atoms with Crippen molar-refractivity contribution in [1.82, 2.24) is 9.78 Å². The van der Waals surface area contributed by atoms with Gasteiger partial charge >= 0.3 is 5.97 Å². The molecule has 0 atom stereocenters. The summed E-state index contributed by atoms with van der Waals surface area (Å²) in [7, 11) is 1.32. The molecule has 0 aliphatic carbocycles. The van der Waals surface area contributed by atoms with Crippen LogP contribution in [-0.4, -0.2) is 22.9 Å². The molecule has 0 unspecified atom stereocenters. The Balaban J connectivity index is 2.12.